The van der Waals surface area contributed by atoms with Crippen LogP contribution in [-0.4, -0.2) is 40.3 Å². The third-order valence-electron chi connectivity index (χ3n) is 3.62. The summed E-state index contributed by atoms with van der Waals surface area (Å²) >= 11 is 0. The Hall–Kier alpha value is -1.36. The number of aromatic amines is 1. The smallest absolute Gasteiger partial charge is 0.252 e. The van der Waals surface area contributed by atoms with Crippen LogP contribution in [0.4, 0.5) is 0 Å². The SMILES string of the molecule is O=C([C@@H]1CCCO1)N1CCC[C@H]1c1ccn[nH]1. The summed E-state index contributed by atoms with van der Waals surface area (Å²) in [6.07, 6.45) is 5.47. The van der Waals surface area contributed by atoms with E-state index in [4.69, 9.17) is 4.74 Å². The molecular weight excluding hydrogens is 218 g/mol. The molecule has 0 unspecified atom stereocenters. The Balaban J connectivity index is 1.75. The number of hydrogen-bond acceptors (Lipinski definition) is 3. The summed E-state index contributed by atoms with van der Waals surface area (Å²) in [5.41, 5.74) is 1.04. The van der Waals surface area contributed by atoms with Crippen LogP contribution in [0.1, 0.15) is 37.4 Å². The minimum Gasteiger partial charge on any atom is -0.368 e. The van der Waals surface area contributed by atoms with Gasteiger partial charge in [-0.05, 0) is 31.7 Å². The predicted octanol–water partition coefficient (Wildman–Crippen LogP) is 1.25. The molecule has 2 fully saturated rings. The van der Waals surface area contributed by atoms with E-state index in [1.807, 2.05) is 11.0 Å². The number of H-pyrrole nitrogens is 1. The predicted molar refractivity (Wildman–Crippen MR) is 61.2 cm³/mol. The first-order valence-electron chi connectivity index (χ1n) is 6.27. The number of nitrogens with zero attached hydrogens (tertiary/aromatic N) is 2. The molecule has 3 heterocycles. The van der Waals surface area contributed by atoms with Crippen LogP contribution < -0.4 is 0 Å². The Bertz CT molecular complexity index is 384. The summed E-state index contributed by atoms with van der Waals surface area (Å²) in [4.78, 5) is 14.3. The molecule has 0 bridgehead atoms. The quantitative estimate of drug-likeness (QED) is 0.839. The standard InChI is InChI=1S/C12H17N3O2/c16-12(11-4-2-8-17-11)15-7-1-3-10(15)9-5-6-13-14-9/h5-6,10-11H,1-4,7-8H2,(H,13,14)/t10-,11-/m0/s1. The Morgan fingerprint density at radius 3 is 3.12 bits per heavy atom. The largest absolute Gasteiger partial charge is 0.368 e. The first kappa shape index (κ1) is 10.8. The second kappa shape index (κ2) is 4.49. The highest BCUT2D eigenvalue weighted by atomic mass is 16.5. The molecule has 92 valence electrons. The molecule has 2 atom stereocenters. The summed E-state index contributed by atoms with van der Waals surface area (Å²) in [7, 11) is 0. The lowest BCUT2D eigenvalue weighted by atomic mass is 10.1. The number of carbonyl (C=O) groups is 1. The maximum absolute atomic E-state index is 12.3. The van der Waals surface area contributed by atoms with Gasteiger partial charge in [0.15, 0.2) is 0 Å². The van der Waals surface area contributed by atoms with Crippen LogP contribution >= 0.6 is 0 Å². The van der Waals surface area contributed by atoms with E-state index in [2.05, 4.69) is 10.2 Å². The molecule has 5 heteroatoms. The fraction of sp³-hybridized carbons (Fsp3) is 0.667. The zero-order valence-corrected chi connectivity index (χ0v) is 9.76. The van der Waals surface area contributed by atoms with E-state index in [0.29, 0.717) is 0 Å². The summed E-state index contributed by atoms with van der Waals surface area (Å²) in [6.45, 7) is 1.56. The molecule has 2 saturated heterocycles. The van der Waals surface area contributed by atoms with Gasteiger partial charge in [0.1, 0.15) is 6.10 Å². The van der Waals surface area contributed by atoms with Crippen molar-refractivity contribution in [2.24, 2.45) is 0 Å². The number of carbonyl (C=O) groups excluding carboxylic acids is 1. The van der Waals surface area contributed by atoms with Gasteiger partial charge < -0.3 is 9.64 Å². The van der Waals surface area contributed by atoms with Gasteiger partial charge in [0.2, 0.25) is 0 Å². The lowest BCUT2D eigenvalue weighted by Gasteiger charge is -2.26. The molecule has 1 N–H and O–H groups in total. The first-order valence-corrected chi connectivity index (χ1v) is 6.27. The lowest BCUT2D eigenvalue weighted by molar-refractivity contribution is -0.142. The van der Waals surface area contributed by atoms with Gasteiger partial charge in [-0.3, -0.25) is 9.89 Å². The van der Waals surface area contributed by atoms with Crippen LogP contribution in [-0.2, 0) is 9.53 Å². The van der Waals surface area contributed by atoms with Crippen molar-refractivity contribution in [2.75, 3.05) is 13.2 Å². The second-order valence-electron chi connectivity index (χ2n) is 4.70. The number of aromatic nitrogens is 2. The molecule has 1 amide bonds. The van der Waals surface area contributed by atoms with Crippen LogP contribution in [0.5, 0.6) is 0 Å². The number of ether oxygens (including phenoxy) is 1. The van der Waals surface area contributed by atoms with Gasteiger partial charge in [-0.2, -0.15) is 5.10 Å². The van der Waals surface area contributed by atoms with E-state index in [0.717, 1.165) is 44.5 Å². The highest BCUT2D eigenvalue weighted by molar-refractivity contribution is 5.81. The number of rotatable bonds is 2. The molecular formula is C12H17N3O2. The van der Waals surface area contributed by atoms with Crippen LogP contribution in [0.25, 0.3) is 0 Å². The minimum absolute atomic E-state index is 0.152. The average molecular weight is 235 g/mol. The zero-order valence-electron chi connectivity index (χ0n) is 9.76. The van der Waals surface area contributed by atoms with E-state index in [1.165, 1.54) is 0 Å². The fourth-order valence-electron chi connectivity index (χ4n) is 2.76. The molecule has 1 aromatic heterocycles. The van der Waals surface area contributed by atoms with E-state index in [-0.39, 0.29) is 18.1 Å². The van der Waals surface area contributed by atoms with E-state index >= 15 is 0 Å². The van der Waals surface area contributed by atoms with E-state index in [9.17, 15) is 4.79 Å². The summed E-state index contributed by atoms with van der Waals surface area (Å²) < 4.78 is 5.48. The summed E-state index contributed by atoms with van der Waals surface area (Å²) in [6, 6.07) is 2.11. The Labute approximate surface area is 100 Å². The van der Waals surface area contributed by atoms with Crippen LogP contribution in [0.15, 0.2) is 12.3 Å². The Morgan fingerprint density at radius 2 is 2.41 bits per heavy atom. The van der Waals surface area contributed by atoms with Crippen LogP contribution in [0.3, 0.4) is 0 Å². The fourth-order valence-corrected chi connectivity index (χ4v) is 2.76. The van der Waals surface area contributed by atoms with Gasteiger partial charge in [0.05, 0.1) is 11.7 Å². The monoisotopic (exact) mass is 235 g/mol. The Morgan fingerprint density at radius 1 is 1.47 bits per heavy atom. The molecule has 3 rings (SSSR count). The first-order chi connectivity index (χ1) is 8.36. The highest BCUT2D eigenvalue weighted by Crippen LogP contribution is 2.32. The van der Waals surface area contributed by atoms with Crippen LogP contribution in [0.2, 0.25) is 0 Å². The minimum atomic E-state index is -0.210. The number of hydrogen-bond donors (Lipinski definition) is 1. The third kappa shape index (κ3) is 1.95. The molecule has 2 aliphatic rings. The molecule has 0 spiro atoms. The van der Waals surface area contributed by atoms with E-state index < -0.39 is 0 Å². The molecule has 2 aliphatic heterocycles. The number of nitrogens with one attached hydrogen (secondary N) is 1. The van der Waals surface area contributed by atoms with Crippen molar-refractivity contribution in [1.29, 1.82) is 0 Å². The van der Waals surface area contributed by atoms with Crippen molar-refractivity contribution in [3.05, 3.63) is 18.0 Å². The lowest BCUT2D eigenvalue weighted by Crippen LogP contribution is -2.38. The summed E-state index contributed by atoms with van der Waals surface area (Å²) in [5.74, 6) is 0.152. The van der Waals surface area contributed by atoms with Gasteiger partial charge >= 0.3 is 0 Å². The highest BCUT2D eigenvalue weighted by Gasteiger charge is 2.36. The molecule has 1 aromatic rings. The molecule has 0 aliphatic carbocycles. The van der Waals surface area contributed by atoms with Gasteiger partial charge in [-0.25, -0.2) is 0 Å². The van der Waals surface area contributed by atoms with Crippen molar-refractivity contribution < 1.29 is 9.53 Å². The summed E-state index contributed by atoms with van der Waals surface area (Å²) in [5, 5.41) is 6.93. The van der Waals surface area contributed by atoms with Gasteiger partial charge in [-0.1, -0.05) is 0 Å². The third-order valence-corrected chi connectivity index (χ3v) is 3.62. The van der Waals surface area contributed by atoms with Crippen molar-refractivity contribution in [3.63, 3.8) is 0 Å². The van der Waals surface area contributed by atoms with Gasteiger partial charge in [0, 0.05) is 19.3 Å². The van der Waals surface area contributed by atoms with Crippen molar-refractivity contribution in [3.8, 4) is 0 Å². The zero-order chi connectivity index (χ0) is 11.7. The van der Waals surface area contributed by atoms with Crippen molar-refractivity contribution >= 4 is 5.91 Å². The number of amides is 1. The Kier molecular flexibility index (Phi) is 2.84. The topological polar surface area (TPSA) is 58.2 Å². The van der Waals surface area contributed by atoms with Crippen molar-refractivity contribution in [1.82, 2.24) is 15.1 Å². The molecule has 17 heavy (non-hydrogen) atoms. The normalized spacial score (nSPS) is 28.8. The van der Waals surface area contributed by atoms with Crippen LogP contribution in [0, 0.1) is 0 Å². The maximum Gasteiger partial charge on any atom is 0.252 e. The number of likely N-dealkylation sites (tertiary alicyclic amines) is 1. The molecule has 0 saturated carbocycles. The molecule has 5 nitrogen and oxygen atoms in total. The second-order valence-corrected chi connectivity index (χ2v) is 4.70. The molecule has 0 aromatic carbocycles. The van der Waals surface area contributed by atoms with Crippen molar-refractivity contribution in [2.45, 2.75) is 37.8 Å². The van der Waals surface area contributed by atoms with Gasteiger partial charge in [-0.15, -0.1) is 0 Å². The maximum atomic E-state index is 12.3. The van der Waals surface area contributed by atoms with Gasteiger partial charge in [0.25, 0.3) is 5.91 Å². The average Bonchev–Trinajstić information content (AvgIpc) is 3.09. The molecule has 0 radical (unpaired) electrons. The van der Waals surface area contributed by atoms with E-state index in [1.54, 1.807) is 6.20 Å².